The van der Waals surface area contributed by atoms with Crippen LogP contribution >= 0.6 is 0 Å². The average molecular weight is 377 g/mol. The van der Waals surface area contributed by atoms with Gasteiger partial charge in [0.05, 0.1) is 0 Å². The van der Waals surface area contributed by atoms with Crippen molar-refractivity contribution < 1.29 is 4.79 Å². The van der Waals surface area contributed by atoms with Crippen LogP contribution in [0.25, 0.3) is 0 Å². The molecule has 0 spiro atoms. The van der Waals surface area contributed by atoms with Crippen LogP contribution in [0.2, 0.25) is 0 Å². The van der Waals surface area contributed by atoms with Crippen LogP contribution in [0.5, 0.6) is 0 Å². The molecule has 2 aliphatic rings. The normalized spacial score (nSPS) is 24.3. The maximum Gasteiger partial charge on any atom is 0.254 e. The fourth-order valence-corrected chi connectivity index (χ4v) is 5.25. The molecule has 0 N–H and O–H groups in total. The van der Waals surface area contributed by atoms with Gasteiger partial charge in [-0.15, -0.1) is 0 Å². The first kappa shape index (κ1) is 19.2. The molecule has 3 heteroatoms. The molecular formula is C25H32N2O. The number of aryl methyl sites for hydroxylation is 2. The molecule has 2 heterocycles. The molecule has 2 fully saturated rings. The Morgan fingerprint density at radius 1 is 1.00 bits per heavy atom. The largest absolute Gasteiger partial charge is 0.335 e. The molecule has 1 amide bonds. The maximum absolute atomic E-state index is 13.6. The van der Waals surface area contributed by atoms with E-state index in [1.807, 2.05) is 0 Å². The second-order valence-electron chi connectivity index (χ2n) is 8.79. The smallest absolute Gasteiger partial charge is 0.254 e. The van der Waals surface area contributed by atoms with Crippen LogP contribution in [-0.4, -0.2) is 47.4 Å². The number of amides is 1. The van der Waals surface area contributed by atoms with Crippen molar-refractivity contribution in [3.8, 4) is 0 Å². The fraction of sp³-hybridized carbons (Fsp3) is 0.480. The highest BCUT2D eigenvalue weighted by Crippen LogP contribution is 2.36. The Hall–Kier alpha value is -2.13. The molecule has 0 aromatic heterocycles. The van der Waals surface area contributed by atoms with Crippen molar-refractivity contribution in [1.82, 2.24) is 9.80 Å². The maximum atomic E-state index is 13.6. The molecule has 0 unspecified atom stereocenters. The molecule has 148 valence electrons. The Morgan fingerprint density at radius 2 is 1.61 bits per heavy atom. The molecule has 0 saturated carbocycles. The summed E-state index contributed by atoms with van der Waals surface area (Å²) in [6, 6.07) is 18.4. The van der Waals surface area contributed by atoms with Gasteiger partial charge in [-0.05, 0) is 70.7 Å². The van der Waals surface area contributed by atoms with E-state index >= 15 is 0 Å². The van der Waals surface area contributed by atoms with Crippen molar-refractivity contribution in [3.05, 3.63) is 70.8 Å². The van der Waals surface area contributed by atoms with Crippen molar-refractivity contribution >= 4 is 5.91 Å². The molecule has 2 bridgehead atoms. The number of piperidine rings is 1. The number of benzene rings is 2. The topological polar surface area (TPSA) is 23.6 Å². The summed E-state index contributed by atoms with van der Waals surface area (Å²) in [5.74, 6) is 0.205. The van der Waals surface area contributed by atoms with Crippen molar-refractivity contribution in [3.63, 3.8) is 0 Å². The highest BCUT2D eigenvalue weighted by molar-refractivity contribution is 5.95. The summed E-state index contributed by atoms with van der Waals surface area (Å²) < 4.78 is 0. The SMILES string of the molecule is Cc1cc(C)cc(C(=O)N(CCc2ccccc2)C2C[C@@H]3CC[C@@H](C2)N3C)c1. The molecule has 2 aliphatic heterocycles. The van der Waals surface area contributed by atoms with Gasteiger partial charge >= 0.3 is 0 Å². The van der Waals surface area contributed by atoms with E-state index in [1.165, 1.54) is 18.4 Å². The zero-order valence-corrected chi connectivity index (χ0v) is 17.4. The molecule has 2 aromatic carbocycles. The van der Waals surface area contributed by atoms with E-state index in [2.05, 4.69) is 79.2 Å². The minimum absolute atomic E-state index is 0.205. The first-order valence-corrected chi connectivity index (χ1v) is 10.7. The molecule has 0 radical (unpaired) electrons. The van der Waals surface area contributed by atoms with Crippen molar-refractivity contribution in [2.24, 2.45) is 0 Å². The quantitative estimate of drug-likeness (QED) is 0.761. The summed E-state index contributed by atoms with van der Waals surface area (Å²) in [6.07, 6.45) is 5.69. The van der Waals surface area contributed by atoms with Crippen LogP contribution in [0.3, 0.4) is 0 Å². The van der Waals surface area contributed by atoms with Crippen molar-refractivity contribution in [1.29, 1.82) is 0 Å². The number of hydrogen-bond donors (Lipinski definition) is 0. The summed E-state index contributed by atoms with van der Waals surface area (Å²) >= 11 is 0. The Labute approximate surface area is 169 Å². The molecule has 2 atom stereocenters. The molecular weight excluding hydrogens is 344 g/mol. The average Bonchev–Trinajstić information content (AvgIpc) is 2.89. The van der Waals surface area contributed by atoms with Crippen LogP contribution in [-0.2, 0) is 6.42 Å². The molecule has 0 aliphatic carbocycles. The van der Waals surface area contributed by atoms with Gasteiger partial charge in [-0.1, -0.05) is 47.5 Å². The summed E-state index contributed by atoms with van der Waals surface area (Å²) in [5, 5.41) is 0. The van der Waals surface area contributed by atoms with Gasteiger partial charge in [0.15, 0.2) is 0 Å². The van der Waals surface area contributed by atoms with Gasteiger partial charge in [-0.2, -0.15) is 0 Å². The Balaban J connectivity index is 1.58. The Kier molecular flexibility index (Phi) is 5.54. The molecule has 2 saturated heterocycles. The van der Waals surface area contributed by atoms with E-state index in [-0.39, 0.29) is 5.91 Å². The van der Waals surface area contributed by atoms with E-state index in [0.717, 1.165) is 42.5 Å². The molecule has 4 rings (SSSR count). The lowest BCUT2D eigenvalue weighted by Crippen LogP contribution is -2.51. The number of carbonyl (C=O) groups is 1. The number of rotatable bonds is 5. The van der Waals surface area contributed by atoms with E-state index in [1.54, 1.807) is 0 Å². The summed E-state index contributed by atoms with van der Waals surface area (Å²) in [6.45, 7) is 4.95. The summed E-state index contributed by atoms with van der Waals surface area (Å²) in [4.78, 5) is 18.3. The van der Waals surface area contributed by atoms with Crippen molar-refractivity contribution in [2.45, 2.75) is 64.1 Å². The summed E-state index contributed by atoms with van der Waals surface area (Å²) in [7, 11) is 2.26. The number of fused-ring (bicyclic) bond motifs is 2. The molecule has 28 heavy (non-hydrogen) atoms. The van der Waals surface area contributed by atoms with Gasteiger partial charge in [0.25, 0.3) is 5.91 Å². The van der Waals surface area contributed by atoms with E-state index in [9.17, 15) is 4.79 Å². The monoisotopic (exact) mass is 376 g/mol. The zero-order chi connectivity index (χ0) is 19.7. The third kappa shape index (κ3) is 4.00. The number of nitrogens with zero attached hydrogens (tertiary/aromatic N) is 2. The van der Waals surface area contributed by atoms with Gasteiger partial charge in [0.2, 0.25) is 0 Å². The predicted molar refractivity (Wildman–Crippen MR) is 115 cm³/mol. The summed E-state index contributed by atoms with van der Waals surface area (Å²) in [5.41, 5.74) is 4.47. The minimum Gasteiger partial charge on any atom is -0.335 e. The molecule has 2 aromatic rings. The third-order valence-corrected chi connectivity index (χ3v) is 6.73. The van der Waals surface area contributed by atoms with Crippen LogP contribution in [0, 0.1) is 13.8 Å². The van der Waals surface area contributed by atoms with Gasteiger partial charge in [0.1, 0.15) is 0 Å². The second-order valence-corrected chi connectivity index (χ2v) is 8.79. The lowest BCUT2D eigenvalue weighted by molar-refractivity contribution is 0.0488. The lowest BCUT2D eigenvalue weighted by atomic mass is 9.95. The van der Waals surface area contributed by atoms with Crippen molar-refractivity contribution in [2.75, 3.05) is 13.6 Å². The van der Waals surface area contributed by atoms with Gasteiger partial charge < -0.3 is 9.80 Å². The first-order chi connectivity index (χ1) is 13.5. The van der Waals surface area contributed by atoms with Crippen LogP contribution < -0.4 is 0 Å². The van der Waals surface area contributed by atoms with Crippen LogP contribution in [0.15, 0.2) is 48.5 Å². The Morgan fingerprint density at radius 3 is 2.21 bits per heavy atom. The highest BCUT2D eigenvalue weighted by Gasteiger charge is 2.41. The highest BCUT2D eigenvalue weighted by atomic mass is 16.2. The van der Waals surface area contributed by atoms with Gasteiger partial charge in [-0.3, -0.25) is 4.79 Å². The van der Waals surface area contributed by atoms with Crippen LogP contribution in [0.4, 0.5) is 0 Å². The predicted octanol–water partition coefficient (Wildman–Crippen LogP) is 4.61. The van der Waals surface area contributed by atoms with Gasteiger partial charge in [0, 0.05) is 30.2 Å². The standard InChI is InChI=1S/C25H32N2O/c1-18-13-19(2)15-21(14-18)25(28)27(12-11-20-7-5-4-6-8-20)24-16-22-9-10-23(17-24)26(22)3/h4-8,13-15,22-24H,9-12,16-17H2,1-3H3/t22-,23-/m0/s1. The lowest BCUT2D eigenvalue weighted by Gasteiger charge is -2.42. The Bertz CT molecular complexity index is 797. The van der Waals surface area contributed by atoms with E-state index in [0.29, 0.717) is 18.1 Å². The third-order valence-electron chi connectivity index (χ3n) is 6.73. The zero-order valence-electron chi connectivity index (χ0n) is 17.4. The fourth-order valence-electron chi connectivity index (χ4n) is 5.25. The van der Waals surface area contributed by atoms with E-state index < -0.39 is 0 Å². The minimum atomic E-state index is 0.205. The molecule has 3 nitrogen and oxygen atoms in total. The first-order valence-electron chi connectivity index (χ1n) is 10.7. The second kappa shape index (κ2) is 8.08. The van der Waals surface area contributed by atoms with E-state index in [4.69, 9.17) is 0 Å². The number of carbonyl (C=O) groups excluding carboxylic acids is 1. The van der Waals surface area contributed by atoms with Crippen LogP contribution in [0.1, 0.15) is 52.7 Å². The van der Waals surface area contributed by atoms with Gasteiger partial charge in [-0.25, -0.2) is 0 Å². The number of hydrogen-bond acceptors (Lipinski definition) is 2.